The molecule has 5 heteroatoms. The van der Waals surface area contributed by atoms with E-state index in [9.17, 15) is 9.18 Å². The Kier molecular flexibility index (Phi) is 4.13. The highest BCUT2D eigenvalue weighted by atomic mass is 19.1. The van der Waals surface area contributed by atoms with Crippen LogP contribution in [0, 0.1) is 0 Å². The number of nitrogens with one attached hydrogen (secondary N) is 1. The van der Waals surface area contributed by atoms with Gasteiger partial charge in [-0.2, -0.15) is 0 Å². The van der Waals surface area contributed by atoms with E-state index in [1.165, 1.54) is 0 Å². The summed E-state index contributed by atoms with van der Waals surface area (Å²) in [5, 5.41) is 3.09. The fraction of sp³-hybridized carbons (Fsp3) is 0.909. The molecular formula is C11H21FN2O2. The summed E-state index contributed by atoms with van der Waals surface area (Å²) in [7, 11) is 0. The standard InChI is InChI=1S/C11H21FN2O2/c1-8(5-12)13-9-6-14(7-9)10(15)16-11(2,3)4/h8-9,13H,5-7H2,1-4H3. The molecule has 0 bridgehead atoms. The fourth-order valence-electron chi connectivity index (χ4n) is 1.51. The number of nitrogens with zero attached hydrogens (tertiary/aromatic N) is 1. The summed E-state index contributed by atoms with van der Waals surface area (Å²) in [4.78, 5) is 13.2. The molecule has 0 aliphatic carbocycles. The molecule has 4 nitrogen and oxygen atoms in total. The largest absolute Gasteiger partial charge is 0.444 e. The molecule has 1 rings (SSSR count). The van der Waals surface area contributed by atoms with Crippen LogP contribution < -0.4 is 5.32 Å². The topological polar surface area (TPSA) is 41.6 Å². The Morgan fingerprint density at radius 1 is 1.56 bits per heavy atom. The van der Waals surface area contributed by atoms with Gasteiger partial charge < -0.3 is 15.0 Å². The third kappa shape index (κ3) is 3.96. The Balaban J connectivity index is 2.23. The molecule has 1 aliphatic rings. The molecule has 1 unspecified atom stereocenters. The smallest absolute Gasteiger partial charge is 0.410 e. The van der Waals surface area contributed by atoms with Crippen LogP contribution in [-0.4, -0.2) is 48.4 Å². The average Bonchev–Trinajstić information content (AvgIpc) is 2.06. The minimum atomic E-state index is -0.457. The van der Waals surface area contributed by atoms with Crippen molar-refractivity contribution in [1.29, 1.82) is 0 Å². The lowest BCUT2D eigenvalue weighted by Gasteiger charge is -2.41. The number of rotatable bonds is 3. The molecule has 16 heavy (non-hydrogen) atoms. The highest BCUT2D eigenvalue weighted by molar-refractivity contribution is 5.69. The highest BCUT2D eigenvalue weighted by Gasteiger charge is 2.33. The van der Waals surface area contributed by atoms with Gasteiger partial charge in [0.1, 0.15) is 12.3 Å². The Labute approximate surface area is 96.1 Å². The lowest BCUT2D eigenvalue weighted by atomic mass is 10.1. The van der Waals surface area contributed by atoms with Crippen molar-refractivity contribution in [3.63, 3.8) is 0 Å². The monoisotopic (exact) mass is 232 g/mol. The van der Waals surface area contributed by atoms with Crippen molar-refractivity contribution in [2.75, 3.05) is 19.8 Å². The molecule has 0 spiro atoms. The van der Waals surface area contributed by atoms with Crippen LogP contribution in [0.15, 0.2) is 0 Å². The maximum Gasteiger partial charge on any atom is 0.410 e. The molecule has 1 fully saturated rings. The second-order valence-corrected chi connectivity index (χ2v) is 5.30. The van der Waals surface area contributed by atoms with Crippen molar-refractivity contribution >= 4 is 6.09 Å². The quantitative estimate of drug-likeness (QED) is 0.802. The van der Waals surface area contributed by atoms with E-state index in [1.54, 1.807) is 11.8 Å². The van der Waals surface area contributed by atoms with E-state index < -0.39 is 5.60 Å². The maximum absolute atomic E-state index is 12.2. The predicted octanol–water partition coefficient (Wildman–Crippen LogP) is 1.55. The van der Waals surface area contributed by atoms with E-state index in [1.807, 2.05) is 20.8 Å². The first-order chi connectivity index (χ1) is 7.31. The number of amides is 1. The zero-order valence-electron chi connectivity index (χ0n) is 10.4. The third-order valence-electron chi connectivity index (χ3n) is 2.28. The van der Waals surface area contributed by atoms with Crippen molar-refractivity contribution < 1.29 is 13.9 Å². The first kappa shape index (κ1) is 13.2. The van der Waals surface area contributed by atoms with E-state index in [4.69, 9.17) is 4.74 Å². The van der Waals surface area contributed by atoms with Crippen LogP contribution in [0.25, 0.3) is 0 Å². The molecule has 0 radical (unpaired) electrons. The molecule has 1 saturated heterocycles. The summed E-state index contributed by atoms with van der Waals surface area (Å²) < 4.78 is 17.4. The van der Waals surface area contributed by atoms with Crippen LogP contribution in [0.1, 0.15) is 27.7 Å². The number of hydrogen-bond acceptors (Lipinski definition) is 3. The van der Waals surface area contributed by atoms with Crippen molar-refractivity contribution in [1.82, 2.24) is 10.2 Å². The summed E-state index contributed by atoms with van der Waals surface area (Å²) >= 11 is 0. The van der Waals surface area contributed by atoms with Crippen LogP contribution in [0.2, 0.25) is 0 Å². The molecule has 94 valence electrons. The molecule has 0 saturated carbocycles. The first-order valence-corrected chi connectivity index (χ1v) is 5.62. The molecule has 0 aromatic carbocycles. The lowest BCUT2D eigenvalue weighted by Crippen LogP contribution is -2.62. The SMILES string of the molecule is CC(CF)NC1CN(C(=O)OC(C)(C)C)C1. The van der Waals surface area contributed by atoms with Crippen LogP contribution in [0.3, 0.4) is 0 Å². The van der Waals surface area contributed by atoms with Gasteiger partial charge in [-0.15, -0.1) is 0 Å². The summed E-state index contributed by atoms with van der Waals surface area (Å²) in [6, 6.07) is 0.0454. The molecule has 1 heterocycles. The van der Waals surface area contributed by atoms with Gasteiger partial charge in [-0.1, -0.05) is 0 Å². The third-order valence-corrected chi connectivity index (χ3v) is 2.28. The van der Waals surface area contributed by atoms with Gasteiger partial charge in [0, 0.05) is 25.2 Å². The summed E-state index contributed by atoms with van der Waals surface area (Å²) in [6.45, 7) is 8.11. The number of carbonyl (C=O) groups is 1. The number of carbonyl (C=O) groups excluding carboxylic acids is 1. The fourth-order valence-corrected chi connectivity index (χ4v) is 1.51. The average molecular weight is 232 g/mol. The van der Waals surface area contributed by atoms with Gasteiger partial charge in [-0.3, -0.25) is 0 Å². The Hall–Kier alpha value is -0.840. The van der Waals surface area contributed by atoms with Gasteiger partial charge in [0.25, 0.3) is 0 Å². The number of ether oxygens (including phenoxy) is 1. The summed E-state index contributed by atoms with van der Waals surface area (Å²) in [5.74, 6) is 0. The van der Waals surface area contributed by atoms with E-state index in [2.05, 4.69) is 5.32 Å². The first-order valence-electron chi connectivity index (χ1n) is 5.62. The van der Waals surface area contributed by atoms with Gasteiger partial charge in [0.15, 0.2) is 0 Å². The maximum atomic E-state index is 12.2. The van der Waals surface area contributed by atoms with Crippen LogP contribution in [-0.2, 0) is 4.74 Å². The van der Waals surface area contributed by atoms with Gasteiger partial charge in [0.2, 0.25) is 0 Å². The van der Waals surface area contributed by atoms with E-state index in [0.717, 1.165) is 0 Å². The minimum absolute atomic E-state index is 0.147. The van der Waals surface area contributed by atoms with E-state index >= 15 is 0 Å². The summed E-state index contributed by atoms with van der Waals surface area (Å²) in [6.07, 6.45) is -0.293. The Bertz CT molecular complexity index is 247. The van der Waals surface area contributed by atoms with Crippen LogP contribution >= 0.6 is 0 Å². The van der Waals surface area contributed by atoms with Gasteiger partial charge in [-0.05, 0) is 27.7 Å². The Morgan fingerprint density at radius 3 is 2.56 bits per heavy atom. The molecule has 1 N–H and O–H groups in total. The van der Waals surface area contributed by atoms with E-state index in [0.29, 0.717) is 13.1 Å². The van der Waals surface area contributed by atoms with Gasteiger partial charge in [-0.25, -0.2) is 9.18 Å². The molecule has 1 atom stereocenters. The van der Waals surface area contributed by atoms with Gasteiger partial charge >= 0.3 is 6.09 Å². The van der Waals surface area contributed by atoms with Gasteiger partial charge in [0.05, 0.1) is 0 Å². The zero-order chi connectivity index (χ0) is 12.3. The second-order valence-electron chi connectivity index (χ2n) is 5.30. The zero-order valence-corrected chi connectivity index (χ0v) is 10.4. The number of hydrogen-bond donors (Lipinski definition) is 1. The van der Waals surface area contributed by atoms with Crippen molar-refractivity contribution in [3.8, 4) is 0 Å². The highest BCUT2D eigenvalue weighted by Crippen LogP contribution is 2.15. The van der Waals surface area contributed by atoms with Crippen molar-refractivity contribution in [3.05, 3.63) is 0 Å². The minimum Gasteiger partial charge on any atom is -0.444 e. The molecule has 0 aromatic heterocycles. The molecule has 0 aromatic rings. The lowest BCUT2D eigenvalue weighted by molar-refractivity contribution is 0.00411. The molecule has 1 aliphatic heterocycles. The second kappa shape index (κ2) is 4.99. The van der Waals surface area contributed by atoms with Crippen molar-refractivity contribution in [2.45, 2.75) is 45.4 Å². The van der Waals surface area contributed by atoms with Crippen LogP contribution in [0.4, 0.5) is 9.18 Å². The van der Waals surface area contributed by atoms with Crippen LogP contribution in [0.5, 0.6) is 0 Å². The number of likely N-dealkylation sites (tertiary alicyclic amines) is 1. The normalized spacial score (nSPS) is 19.2. The number of alkyl halides is 1. The molecule has 1 amide bonds. The summed E-state index contributed by atoms with van der Waals surface area (Å²) in [5.41, 5.74) is -0.457. The number of halogens is 1. The van der Waals surface area contributed by atoms with E-state index in [-0.39, 0.29) is 24.9 Å². The Morgan fingerprint density at radius 2 is 2.12 bits per heavy atom. The molecular weight excluding hydrogens is 211 g/mol. The van der Waals surface area contributed by atoms with Crippen molar-refractivity contribution in [2.24, 2.45) is 0 Å². The predicted molar refractivity (Wildman–Crippen MR) is 60.2 cm³/mol.